The van der Waals surface area contributed by atoms with E-state index in [1.807, 2.05) is 0 Å². The summed E-state index contributed by atoms with van der Waals surface area (Å²) in [6.07, 6.45) is 3.51. The second kappa shape index (κ2) is 3.99. The predicted octanol–water partition coefficient (Wildman–Crippen LogP) is 3.34. The molecule has 1 aliphatic heterocycles. The second-order valence-corrected chi connectivity index (χ2v) is 4.29. The van der Waals surface area contributed by atoms with Gasteiger partial charge in [0.05, 0.1) is 0 Å². The molecular weight excluding hydrogens is 158 g/mol. The Hall–Kier alpha value is -0.720. The molecule has 0 fully saturated rings. The van der Waals surface area contributed by atoms with Crippen LogP contribution in [0.25, 0.3) is 0 Å². The van der Waals surface area contributed by atoms with Crippen molar-refractivity contribution >= 4 is 0 Å². The van der Waals surface area contributed by atoms with Crippen LogP contribution >= 0.6 is 0 Å². The van der Waals surface area contributed by atoms with E-state index in [1.54, 1.807) is 0 Å². The summed E-state index contributed by atoms with van der Waals surface area (Å²) in [5.41, 5.74) is 4.38. The minimum atomic E-state index is 0.620. The van der Waals surface area contributed by atoms with E-state index in [4.69, 9.17) is 0 Å². The van der Waals surface area contributed by atoms with E-state index < -0.39 is 0 Å². The van der Waals surface area contributed by atoms with Crippen LogP contribution in [0.1, 0.15) is 41.0 Å². The predicted molar refractivity (Wildman–Crippen MR) is 58.6 cm³/mol. The standard InChI is InChI=1S/C12H21N/c1-9(2)13-7-6-10(3)11(4)8-12(13)5/h8-9H,6-7H2,1-5H3. The third kappa shape index (κ3) is 2.36. The van der Waals surface area contributed by atoms with Crippen LogP contribution in [0.5, 0.6) is 0 Å². The van der Waals surface area contributed by atoms with Gasteiger partial charge in [0.1, 0.15) is 0 Å². The lowest BCUT2D eigenvalue weighted by Gasteiger charge is -2.28. The Morgan fingerprint density at radius 1 is 1.23 bits per heavy atom. The summed E-state index contributed by atoms with van der Waals surface area (Å²) in [5.74, 6) is 0. The van der Waals surface area contributed by atoms with Crippen LogP contribution in [0.4, 0.5) is 0 Å². The minimum Gasteiger partial charge on any atom is -0.372 e. The van der Waals surface area contributed by atoms with Crippen molar-refractivity contribution in [3.63, 3.8) is 0 Å². The van der Waals surface area contributed by atoms with Gasteiger partial charge in [-0.25, -0.2) is 0 Å². The highest BCUT2D eigenvalue weighted by molar-refractivity contribution is 5.27. The van der Waals surface area contributed by atoms with Crippen LogP contribution in [0.2, 0.25) is 0 Å². The molecule has 0 aromatic heterocycles. The van der Waals surface area contributed by atoms with E-state index >= 15 is 0 Å². The Morgan fingerprint density at radius 2 is 1.85 bits per heavy atom. The average molecular weight is 179 g/mol. The molecule has 0 spiro atoms. The van der Waals surface area contributed by atoms with Gasteiger partial charge >= 0.3 is 0 Å². The molecule has 0 atom stereocenters. The van der Waals surface area contributed by atoms with E-state index in [0.29, 0.717) is 6.04 Å². The average Bonchev–Trinajstić information content (AvgIpc) is 2.13. The molecule has 1 aliphatic rings. The summed E-state index contributed by atoms with van der Waals surface area (Å²) in [6.45, 7) is 12.3. The maximum absolute atomic E-state index is 2.47. The van der Waals surface area contributed by atoms with E-state index in [-0.39, 0.29) is 0 Å². The lowest BCUT2D eigenvalue weighted by atomic mass is 10.1. The maximum Gasteiger partial charge on any atom is 0.0230 e. The minimum absolute atomic E-state index is 0.620. The van der Waals surface area contributed by atoms with Gasteiger partial charge < -0.3 is 4.90 Å². The number of nitrogens with zero attached hydrogens (tertiary/aromatic N) is 1. The first-order valence-corrected chi connectivity index (χ1v) is 5.13. The molecule has 0 aromatic rings. The zero-order valence-corrected chi connectivity index (χ0v) is 9.52. The second-order valence-electron chi connectivity index (χ2n) is 4.29. The monoisotopic (exact) mass is 179 g/mol. The molecule has 0 saturated heterocycles. The first-order chi connectivity index (χ1) is 6.02. The summed E-state index contributed by atoms with van der Waals surface area (Å²) in [7, 11) is 0. The smallest absolute Gasteiger partial charge is 0.0230 e. The molecule has 1 heterocycles. The highest BCUT2D eigenvalue weighted by Gasteiger charge is 2.13. The molecule has 0 radical (unpaired) electrons. The van der Waals surface area contributed by atoms with Gasteiger partial charge in [-0.1, -0.05) is 11.1 Å². The largest absolute Gasteiger partial charge is 0.372 e. The molecule has 1 rings (SSSR count). The number of hydrogen-bond acceptors (Lipinski definition) is 1. The molecular formula is C12H21N. The summed E-state index contributed by atoms with van der Waals surface area (Å²) < 4.78 is 0. The van der Waals surface area contributed by atoms with Crippen LogP contribution in [0.3, 0.4) is 0 Å². The SMILES string of the molecule is CC1=CC(C)=C(C)CCN1C(C)C. The third-order valence-corrected chi connectivity index (χ3v) is 2.90. The van der Waals surface area contributed by atoms with E-state index in [2.05, 4.69) is 45.6 Å². The van der Waals surface area contributed by atoms with Crippen LogP contribution in [0.15, 0.2) is 22.9 Å². The molecule has 0 saturated carbocycles. The van der Waals surface area contributed by atoms with Crippen molar-refractivity contribution in [1.82, 2.24) is 4.90 Å². The maximum atomic E-state index is 2.47. The Kier molecular flexibility index (Phi) is 3.18. The zero-order valence-electron chi connectivity index (χ0n) is 9.52. The van der Waals surface area contributed by atoms with Gasteiger partial charge in [0.25, 0.3) is 0 Å². The number of rotatable bonds is 1. The van der Waals surface area contributed by atoms with E-state index in [9.17, 15) is 0 Å². The summed E-state index contributed by atoms with van der Waals surface area (Å²) in [4.78, 5) is 2.47. The van der Waals surface area contributed by atoms with Gasteiger partial charge in [-0.3, -0.25) is 0 Å². The first-order valence-electron chi connectivity index (χ1n) is 5.13. The van der Waals surface area contributed by atoms with E-state index in [0.717, 1.165) is 0 Å². The Morgan fingerprint density at radius 3 is 2.38 bits per heavy atom. The molecule has 0 N–H and O–H groups in total. The van der Waals surface area contributed by atoms with Gasteiger partial charge in [0.15, 0.2) is 0 Å². The molecule has 1 nitrogen and oxygen atoms in total. The summed E-state index contributed by atoms with van der Waals surface area (Å²) in [5, 5.41) is 0. The molecule has 0 bridgehead atoms. The fourth-order valence-electron chi connectivity index (χ4n) is 1.85. The summed E-state index contributed by atoms with van der Waals surface area (Å²) >= 11 is 0. The first kappa shape index (κ1) is 10.4. The van der Waals surface area contributed by atoms with Gasteiger partial charge in [0, 0.05) is 18.3 Å². The molecule has 13 heavy (non-hydrogen) atoms. The topological polar surface area (TPSA) is 3.24 Å². The van der Waals surface area contributed by atoms with Crippen LogP contribution in [-0.4, -0.2) is 17.5 Å². The van der Waals surface area contributed by atoms with Crippen LogP contribution in [-0.2, 0) is 0 Å². The van der Waals surface area contributed by atoms with Crippen molar-refractivity contribution in [3.05, 3.63) is 22.9 Å². The molecule has 0 amide bonds. The molecule has 74 valence electrons. The van der Waals surface area contributed by atoms with Crippen molar-refractivity contribution < 1.29 is 0 Å². The Bertz CT molecular complexity index is 246. The van der Waals surface area contributed by atoms with Crippen molar-refractivity contribution in [2.75, 3.05) is 6.54 Å². The van der Waals surface area contributed by atoms with Gasteiger partial charge in [-0.15, -0.1) is 0 Å². The molecule has 0 aliphatic carbocycles. The molecule has 0 aromatic carbocycles. The van der Waals surface area contributed by atoms with Crippen LogP contribution < -0.4 is 0 Å². The van der Waals surface area contributed by atoms with Gasteiger partial charge in [0.2, 0.25) is 0 Å². The lowest BCUT2D eigenvalue weighted by Crippen LogP contribution is -2.29. The third-order valence-electron chi connectivity index (χ3n) is 2.90. The molecule has 0 unspecified atom stereocenters. The highest BCUT2D eigenvalue weighted by Crippen LogP contribution is 2.21. The van der Waals surface area contributed by atoms with Gasteiger partial charge in [-0.2, -0.15) is 0 Å². The zero-order chi connectivity index (χ0) is 10.0. The highest BCUT2D eigenvalue weighted by atomic mass is 15.2. The van der Waals surface area contributed by atoms with Gasteiger partial charge in [-0.05, 0) is 47.1 Å². The van der Waals surface area contributed by atoms with E-state index in [1.165, 1.54) is 29.8 Å². The van der Waals surface area contributed by atoms with Crippen molar-refractivity contribution in [3.8, 4) is 0 Å². The lowest BCUT2D eigenvalue weighted by molar-refractivity contribution is 0.289. The Balaban J connectivity index is 2.86. The number of hydrogen-bond donors (Lipinski definition) is 0. The number of allylic oxidation sites excluding steroid dienone is 3. The fraction of sp³-hybridized carbons (Fsp3) is 0.667. The Labute approximate surface area is 82.1 Å². The van der Waals surface area contributed by atoms with Crippen molar-refractivity contribution in [2.45, 2.75) is 47.1 Å². The quantitative estimate of drug-likeness (QED) is 0.596. The molecule has 1 heteroatoms. The van der Waals surface area contributed by atoms with Crippen LogP contribution in [0, 0.1) is 0 Å². The van der Waals surface area contributed by atoms with Crippen molar-refractivity contribution in [1.29, 1.82) is 0 Å². The summed E-state index contributed by atoms with van der Waals surface area (Å²) in [6, 6.07) is 0.620. The van der Waals surface area contributed by atoms with Crippen molar-refractivity contribution in [2.24, 2.45) is 0 Å². The fourth-order valence-corrected chi connectivity index (χ4v) is 1.85. The normalized spacial score (nSPS) is 19.2.